The van der Waals surface area contributed by atoms with Crippen LogP contribution in [0.5, 0.6) is 0 Å². The van der Waals surface area contributed by atoms with E-state index in [1.807, 2.05) is 14.7 Å². The van der Waals surface area contributed by atoms with Crippen molar-refractivity contribution in [2.45, 2.75) is 36.0 Å². The second-order valence-corrected chi connectivity index (χ2v) is 12.0. The first-order valence-corrected chi connectivity index (χ1v) is 14.5. The Labute approximate surface area is 209 Å². The Morgan fingerprint density at radius 3 is 2.37 bits per heavy atom. The Bertz CT molecular complexity index is 1160. The fraction of sp³-hybridized carbons (Fsp3) is 0.565. The number of hydrogen-bond acceptors (Lipinski definition) is 9. The maximum absolute atomic E-state index is 13.1. The summed E-state index contributed by atoms with van der Waals surface area (Å²) in [6, 6.07) is 8.06. The number of nitrogens with one attached hydrogen (secondary N) is 1. The first kappa shape index (κ1) is 24.1. The van der Waals surface area contributed by atoms with Gasteiger partial charge in [0.2, 0.25) is 16.9 Å². The van der Waals surface area contributed by atoms with E-state index in [-0.39, 0.29) is 40.2 Å². The van der Waals surface area contributed by atoms with Gasteiger partial charge in [0.1, 0.15) is 5.75 Å². The van der Waals surface area contributed by atoms with Gasteiger partial charge in [-0.25, -0.2) is 13.4 Å². The highest BCUT2D eigenvalue weighted by molar-refractivity contribution is 7.90. The van der Waals surface area contributed by atoms with Crippen molar-refractivity contribution in [3.8, 4) is 0 Å². The van der Waals surface area contributed by atoms with Gasteiger partial charge in [0.05, 0.1) is 16.9 Å². The van der Waals surface area contributed by atoms with Crippen molar-refractivity contribution in [1.29, 1.82) is 0 Å². The first-order chi connectivity index (χ1) is 16.9. The molecule has 5 rings (SSSR count). The molecule has 2 atom stereocenters. The number of carbonyl (C=O) groups is 2. The molecule has 1 N–H and O–H groups in total. The first-order valence-electron chi connectivity index (χ1n) is 12.1. The summed E-state index contributed by atoms with van der Waals surface area (Å²) in [5.41, 5.74) is 0. The van der Waals surface area contributed by atoms with Crippen LogP contribution in [0.15, 0.2) is 35.2 Å². The molecule has 3 saturated heterocycles. The van der Waals surface area contributed by atoms with Crippen molar-refractivity contribution < 1.29 is 18.0 Å². The Morgan fingerprint density at radius 2 is 1.66 bits per heavy atom. The predicted molar refractivity (Wildman–Crippen MR) is 132 cm³/mol. The third-order valence-electron chi connectivity index (χ3n) is 6.94. The van der Waals surface area contributed by atoms with Gasteiger partial charge in [0.15, 0.2) is 15.7 Å². The molecule has 1 aromatic carbocycles. The number of anilines is 1. The molecule has 10 nitrogen and oxygen atoms in total. The van der Waals surface area contributed by atoms with Crippen LogP contribution in [0.4, 0.5) is 5.13 Å². The molecule has 12 heteroatoms. The van der Waals surface area contributed by atoms with Crippen molar-refractivity contribution in [2.24, 2.45) is 5.92 Å². The van der Waals surface area contributed by atoms with Crippen LogP contribution in [-0.4, -0.2) is 91.2 Å². The third kappa shape index (κ3) is 5.34. The lowest BCUT2D eigenvalue weighted by Crippen LogP contribution is -2.50. The number of amides is 2. The SMILES string of the molecule is O=C([C@@H]1CN[C@H](C(=O)N2CCCC2)C1)N1CCN(c2nc(CS(=O)(=O)c3ccccc3)ns2)CC1. The van der Waals surface area contributed by atoms with E-state index >= 15 is 0 Å². The van der Waals surface area contributed by atoms with Crippen LogP contribution in [0.3, 0.4) is 0 Å². The highest BCUT2D eigenvalue weighted by Gasteiger charge is 2.38. The van der Waals surface area contributed by atoms with Gasteiger partial charge in [0.25, 0.3) is 0 Å². The number of nitrogens with zero attached hydrogens (tertiary/aromatic N) is 5. The molecule has 35 heavy (non-hydrogen) atoms. The highest BCUT2D eigenvalue weighted by atomic mass is 32.2. The molecule has 0 unspecified atom stereocenters. The van der Waals surface area contributed by atoms with Gasteiger partial charge in [-0.15, -0.1) is 0 Å². The minimum Gasteiger partial charge on any atom is -0.343 e. The van der Waals surface area contributed by atoms with Gasteiger partial charge in [-0.1, -0.05) is 18.2 Å². The van der Waals surface area contributed by atoms with Crippen molar-refractivity contribution >= 4 is 38.3 Å². The summed E-state index contributed by atoms with van der Waals surface area (Å²) in [5.74, 6) is 0.107. The van der Waals surface area contributed by atoms with Crippen LogP contribution < -0.4 is 10.2 Å². The molecule has 3 fully saturated rings. The number of benzene rings is 1. The smallest absolute Gasteiger partial charge is 0.239 e. The van der Waals surface area contributed by atoms with Crippen LogP contribution in [0.25, 0.3) is 0 Å². The van der Waals surface area contributed by atoms with E-state index in [1.54, 1.807) is 30.3 Å². The standard InChI is InChI=1S/C23H30N6O4S2/c30-21(17-14-19(24-15-17)22(31)27-8-4-5-9-27)28-10-12-29(13-11-28)23-25-20(26-34-23)16-35(32,33)18-6-2-1-3-7-18/h1-3,6-7,17,19,24H,4-5,8-16H2/t17-,19-/m0/s1. The number of sulfone groups is 1. The van der Waals surface area contributed by atoms with E-state index < -0.39 is 9.84 Å². The summed E-state index contributed by atoms with van der Waals surface area (Å²) in [7, 11) is -3.50. The molecule has 3 aliphatic heterocycles. The normalized spacial score (nSPS) is 23.1. The number of hydrogen-bond donors (Lipinski definition) is 1. The molecule has 0 aliphatic carbocycles. The zero-order chi connectivity index (χ0) is 24.4. The predicted octanol–water partition coefficient (Wildman–Crippen LogP) is 0.761. The van der Waals surface area contributed by atoms with E-state index in [0.717, 1.165) is 25.9 Å². The van der Waals surface area contributed by atoms with Crippen LogP contribution in [0.1, 0.15) is 25.1 Å². The molecular weight excluding hydrogens is 488 g/mol. The molecule has 2 aromatic rings. The van der Waals surface area contributed by atoms with Crippen LogP contribution >= 0.6 is 11.5 Å². The lowest BCUT2D eigenvalue weighted by Gasteiger charge is -2.35. The molecule has 0 saturated carbocycles. The van der Waals surface area contributed by atoms with Crippen molar-refractivity contribution in [3.05, 3.63) is 36.2 Å². The number of piperazine rings is 1. The van der Waals surface area contributed by atoms with Crippen LogP contribution in [0, 0.1) is 5.92 Å². The van der Waals surface area contributed by atoms with Gasteiger partial charge in [-0.3, -0.25) is 9.59 Å². The van der Waals surface area contributed by atoms with Crippen molar-refractivity contribution in [1.82, 2.24) is 24.5 Å². The Balaban J connectivity index is 1.12. The summed E-state index contributed by atoms with van der Waals surface area (Å²) in [4.78, 5) is 36.3. The average Bonchev–Trinajstić information content (AvgIpc) is 3.66. The molecule has 2 amide bonds. The van der Waals surface area contributed by atoms with Gasteiger partial charge in [0, 0.05) is 57.3 Å². The molecule has 0 spiro atoms. The Hall–Kier alpha value is -2.57. The fourth-order valence-corrected chi connectivity index (χ4v) is 6.98. The van der Waals surface area contributed by atoms with E-state index in [0.29, 0.717) is 44.3 Å². The van der Waals surface area contributed by atoms with Crippen molar-refractivity contribution in [2.75, 3.05) is 50.7 Å². The molecule has 188 valence electrons. The molecule has 3 aliphatic rings. The van der Waals surface area contributed by atoms with E-state index in [4.69, 9.17) is 0 Å². The number of likely N-dealkylation sites (tertiary alicyclic amines) is 1. The van der Waals surface area contributed by atoms with Gasteiger partial charge >= 0.3 is 0 Å². The lowest BCUT2D eigenvalue weighted by molar-refractivity contribution is -0.135. The maximum atomic E-state index is 13.1. The number of aromatic nitrogens is 2. The van der Waals surface area contributed by atoms with Crippen LogP contribution in [0.2, 0.25) is 0 Å². The lowest BCUT2D eigenvalue weighted by atomic mass is 10.0. The third-order valence-corrected chi connectivity index (χ3v) is 9.38. The highest BCUT2D eigenvalue weighted by Crippen LogP contribution is 2.24. The molecule has 0 bridgehead atoms. The van der Waals surface area contributed by atoms with E-state index in [2.05, 4.69) is 14.7 Å². The average molecular weight is 519 g/mol. The van der Waals surface area contributed by atoms with Gasteiger partial charge in [-0.05, 0) is 31.4 Å². The number of rotatable bonds is 6. The van der Waals surface area contributed by atoms with E-state index in [9.17, 15) is 18.0 Å². The van der Waals surface area contributed by atoms with Gasteiger partial charge in [-0.2, -0.15) is 4.37 Å². The van der Waals surface area contributed by atoms with E-state index in [1.165, 1.54) is 11.5 Å². The monoisotopic (exact) mass is 518 g/mol. The van der Waals surface area contributed by atoms with Gasteiger partial charge < -0.3 is 20.0 Å². The molecular formula is C23H30N6O4S2. The summed E-state index contributed by atoms with van der Waals surface area (Å²) in [6.45, 7) is 4.55. The summed E-state index contributed by atoms with van der Waals surface area (Å²) < 4.78 is 29.5. The minimum absolute atomic E-state index is 0.0979. The maximum Gasteiger partial charge on any atom is 0.239 e. The van der Waals surface area contributed by atoms with Crippen molar-refractivity contribution in [3.63, 3.8) is 0 Å². The molecule has 1 aromatic heterocycles. The largest absolute Gasteiger partial charge is 0.343 e. The Kier molecular flexibility index (Phi) is 7.03. The topological polar surface area (TPSA) is 116 Å². The zero-order valence-electron chi connectivity index (χ0n) is 19.5. The molecule has 4 heterocycles. The zero-order valence-corrected chi connectivity index (χ0v) is 21.1. The fourth-order valence-electron chi connectivity index (χ4n) is 4.96. The van der Waals surface area contributed by atoms with Crippen LogP contribution in [-0.2, 0) is 25.2 Å². The summed E-state index contributed by atoms with van der Waals surface area (Å²) in [6.07, 6.45) is 2.68. The minimum atomic E-state index is -3.50. The molecule has 0 radical (unpaired) electrons. The second kappa shape index (κ2) is 10.2. The quantitative estimate of drug-likeness (QED) is 0.596. The second-order valence-electron chi connectivity index (χ2n) is 9.30. The summed E-state index contributed by atoms with van der Waals surface area (Å²) in [5, 5.41) is 3.93. The number of carbonyl (C=O) groups excluding carboxylic acids is 2. The Morgan fingerprint density at radius 1 is 0.971 bits per heavy atom. The summed E-state index contributed by atoms with van der Waals surface area (Å²) >= 11 is 1.19.